The first-order valence-electron chi connectivity index (χ1n) is 13.8. The first kappa shape index (κ1) is 28.2. The minimum Gasteiger partial charge on any atom is -0.409 e. The van der Waals surface area contributed by atoms with E-state index in [9.17, 15) is 13.6 Å². The quantitative estimate of drug-likeness (QED) is 0.300. The molecule has 0 unspecified atom stereocenters. The highest BCUT2D eigenvalue weighted by Gasteiger charge is 2.33. The lowest BCUT2D eigenvalue weighted by Gasteiger charge is -2.34. The van der Waals surface area contributed by atoms with Gasteiger partial charge >= 0.3 is 6.29 Å². The molecule has 1 saturated carbocycles. The summed E-state index contributed by atoms with van der Waals surface area (Å²) in [5.74, 6) is 0.584. The van der Waals surface area contributed by atoms with Gasteiger partial charge in [-0.05, 0) is 74.9 Å². The van der Waals surface area contributed by atoms with Crippen molar-refractivity contribution in [1.29, 1.82) is 0 Å². The van der Waals surface area contributed by atoms with E-state index >= 15 is 0 Å². The van der Waals surface area contributed by atoms with Crippen LogP contribution in [0.2, 0.25) is 0 Å². The van der Waals surface area contributed by atoms with E-state index in [2.05, 4.69) is 20.4 Å². The third-order valence-corrected chi connectivity index (χ3v) is 7.66. The number of likely N-dealkylation sites (tertiary alicyclic amines) is 1. The van der Waals surface area contributed by atoms with Crippen molar-refractivity contribution in [3.63, 3.8) is 0 Å². The number of methoxy groups -OCH3 is 1. The van der Waals surface area contributed by atoms with Crippen molar-refractivity contribution >= 4 is 12.0 Å². The fraction of sp³-hybridized carbons (Fsp3) is 0.516. The molecule has 1 atom stereocenters. The number of carbonyl (C=O) groups is 1. The average Bonchev–Trinajstić information content (AvgIpc) is 3.35. The number of rotatable bonds is 11. The maximum absolute atomic E-state index is 13.7. The smallest absolute Gasteiger partial charge is 0.409 e. The van der Waals surface area contributed by atoms with Crippen LogP contribution in [0, 0.1) is 5.92 Å². The van der Waals surface area contributed by atoms with E-state index in [0.717, 1.165) is 50.1 Å². The van der Waals surface area contributed by atoms with E-state index < -0.39 is 6.29 Å². The summed E-state index contributed by atoms with van der Waals surface area (Å²) in [7, 11) is 0.877. The van der Waals surface area contributed by atoms with Gasteiger partial charge in [0.15, 0.2) is 0 Å². The van der Waals surface area contributed by atoms with Crippen LogP contribution in [0.25, 0.3) is 6.08 Å². The average molecular weight is 527 g/mol. The second kappa shape index (κ2) is 13.3. The zero-order valence-electron chi connectivity index (χ0n) is 22.6. The van der Waals surface area contributed by atoms with E-state index in [1.165, 1.54) is 44.2 Å². The minimum absolute atomic E-state index is 0.0606. The molecule has 1 aliphatic heterocycles. The largest absolute Gasteiger partial charge is 0.535 e. The van der Waals surface area contributed by atoms with Crippen molar-refractivity contribution in [2.24, 2.45) is 5.92 Å². The first-order valence-corrected chi connectivity index (χ1v) is 13.8. The van der Waals surface area contributed by atoms with Crippen LogP contribution in [-0.4, -0.2) is 61.3 Å². The number of amides is 1. The fourth-order valence-electron chi connectivity index (χ4n) is 5.72. The highest BCUT2D eigenvalue weighted by Crippen LogP contribution is 2.29. The first-order chi connectivity index (χ1) is 18.3. The normalized spacial score (nSPS) is 19.5. The maximum Gasteiger partial charge on any atom is 0.535 e. The molecule has 0 bridgehead atoms. The van der Waals surface area contributed by atoms with Gasteiger partial charge in [0.05, 0.1) is 0 Å². The Balaban J connectivity index is 1.50. The van der Waals surface area contributed by atoms with Crippen molar-refractivity contribution in [3.05, 3.63) is 71.3 Å². The Morgan fingerprint density at radius 3 is 2.42 bits per heavy atom. The Morgan fingerprint density at radius 1 is 1.03 bits per heavy atom. The molecule has 1 heterocycles. The number of ether oxygens (including phenoxy) is 2. The van der Waals surface area contributed by atoms with Crippen LogP contribution in [0.1, 0.15) is 67.8 Å². The Kier molecular flexibility index (Phi) is 9.91. The van der Waals surface area contributed by atoms with Crippen molar-refractivity contribution in [3.8, 4) is 5.75 Å². The summed E-state index contributed by atoms with van der Waals surface area (Å²) in [5, 5.41) is 0. The molecule has 38 heavy (non-hydrogen) atoms. The number of hydrogen-bond donors (Lipinski definition) is 0. The summed E-state index contributed by atoms with van der Waals surface area (Å²) < 4.78 is 35.5. The third kappa shape index (κ3) is 8.11. The van der Waals surface area contributed by atoms with Crippen molar-refractivity contribution in [2.75, 3.05) is 33.3 Å². The van der Waals surface area contributed by atoms with Gasteiger partial charge in [-0.15, -0.1) is 8.78 Å². The Morgan fingerprint density at radius 2 is 1.74 bits per heavy atom. The maximum atomic E-state index is 13.7. The predicted molar refractivity (Wildman–Crippen MR) is 146 cm³/mol. The number of alkyl halides is 2. The standard InChI is InChI=1S/C31H40F2N2O3/c1-24(20-25-10-5-3-6-11-25)21-35(23-28-14-9-19-34(28)22-26-12-7-4-8-13-26)30(36)27-15-17-29(18-16-27)38-31(32,33)37-2/h3,5-6,10-11,15-18,20,26,28H,4,7-9,12-14,19,21-23H2,1-2H3/t28-/m0/s1. The van der Waals surface area contributed by atoms with E-state index in [4.69, 9.17) is 0 Å². The van der Waals surface area contributed by atoms with E-state index in [1.54, 1.807) is 12.1 Å². The van der Waals surface area contributed by atoms with Gasteiger partial charge < -0.3 is 9.64 Å². The number of nitrogens with zero attached hydrogens (tertiary/aromatic N) is 2. The predicted octanol–water partition coefficient (Wildman–Crippen LogP) is 6.85. The molecule has 2 fully saturated rings. The van der Waals surface area contributed by atoms with E-state index in [1.807, 2.05) is 42.2 Å². The molecule has 1 aliphatic carbocycles. The molecule has 1 amide bonds. The van der Waals surface area contributed by atoms with Gasteiger partial charge in [-0.1, -0.05) is 61.2 Å². The lowest BCUT2D eigenvalue weighted by Crippen LogP contribution is -2.45. The second-order valence-corrected chi connectivity index (χ2v) is 10.7. The van der Waals surface area contributed by atoms with Crippen LogP contribution >= 0.6 is 0 Å². The summed E-state index contributed by atoms with van der Waals surface area (Å²) in [6, 6.07) is 16.3. The van der Waals surface area contributed by atoms with Gasteiger partial charge in [0, 0.05) is 38.3 Å². The molecule has 7 heteroatoms. The van der Waals surface area contributed by atoms with Crippen LogP contribution in [-0.2, 0) is 4.74 Å². The van der Waals surface area contributed by atoms with Crippen LogP contribution in [0.15, 0.2) is 60.2 Å². The van der Waals surface area contributed by atoms with E-state index in [0.29, 0.717) is 24.7 Å². The third-order valence-electron chi connectivity index (χ3n) is 7.66. The van der Waals surface area contributed by atoms with Gasteiger partial charge in [-0.3, -0.25) is 14.4 Å². The molecule has 4 rings (SSSR count). The van der Waals surface area contributed by atoms with Crippen LogP contribution in [0.3, 0.4) is 0 Å². The van der Waals surface area contributed by atoms with Gasteiger partial charge in [-0.25, -0.2) is 0 Å². The molecule has 0 N–H and O–H groups in total. The van der Waals surface area contributed by atoms with Gasteiger partial charge in [0.2, 0.25) is 0 Å². The highest BCUT2D eigenvalue weighted by atomic mass is 19.3. The number of hydrogen-bond acceptors (Lipinski definition) is 4. The lowest BCUT2D eigenvalue weighted by atomic mass is 9.89. The minimum atomic E-state index is -3.72. The molecule has 2 aromatic carbocycles. The highest BCUT2D eigenvalue weighted by molar-refractivity contribution is 5.94. The number of carbonyl (C=O) groups excluding carboxylic acids is 1. The lowest BCUT2D eigenvalue weighted by molar-refractivity contribution is -0.342. The molecule has 206 valence electrons. The van der Waals surface area contributed by atoms with Gasteiger partial charge in [0.25, 0.3) is 5.91 Å². The molecule has 0 spiro atoms. The summed E-state index contributed by atoms with van der Waals surface area (Å²) >= 11 is 0. The Bertz CT molecular complexity index is 1050. The monoisotopic (exact) mass is 526 g/mol. The molecule has 0 radical (unpaired) electrons. The summed E-state index contributed by atoms with van der Waals surface area (Å²) in [5.41, 5.74) is 2.63. The summed E-state index contributed by atoms with van der Waals surface area (Å²) in [6.45, 7) is 5.39. The molecule has 0 aromatic heterocycles. The Hall–Kier alpha value is -2.77. The summed E-state index contributed by atoms with van der Waals surface area (Å²) in [4.78, 5) is 18.2. The molecular formula is C31H40F2N2O3. The van der Waals surface area contributed by atoms with Crippen molar-refractivity contribution < 1.29 is 23.0 Å². The number of benzene rings is 2. The zero-order valence-corrected chi connectivity index (χ0v) is 22.6. The van der Waals surface area contributed by atoms with Gasteiger partial charge in [-0.2, -0.15) is 0 Å². The number of halogens is 2. The van der Waals surface area contributed by atoms with E-state index in [-0.39, 0.29) is 11.7 Å². The second-order valence-electron chi connectivity index (χ2n) is 10.7. The molecular weight excluding hydrogens is 486 g/mol. The summed E-state index contributed by atoms with van der Waals surface area (Å²) in [6.07, 6.45) is 7.24. The van der Waals surface area contributed by atoms with Crippen molar-refractivity contribution in [1.82, 2.24) is 9.80 Å². The molecule has 5 nitrogen and oxygen atoms in total. The van der Waals surface area contributed by atoms with Crippen LogP contribution in [0.4, 0.5) is 8.78 Å². The molecule has 1 saturated heterocycles. The zero-order chi connectivity index (χ0) is 27.0. The van der Waals surface area contributed by atoms with Crippen LogP contribution in [0.5, 0.6) is 5.75 Å². The molecule has 2 aromatic rings. The fourth-order valence-corrected chi connectivity index (χ4v) is 5.72. The van der Waals surface area contributed by atoms with Crippen molar-refractivity contribution in [2.45, 2.75) is 64.2 Å². The topological polar surface area (TPSA) is 42.0 Å². The molecule has 2 aliphatic rings. The van der Waals surface area contributed by atoms with Gasteiger partial charge in [0.1, 0.15) is 5.75 Å². The SMILES string of the molecule is COC(F)(F)Oc1ccc(C(=O)N(CC(C)=Cc2ccccc2)C[C@@H]2CCCN2CC2CCCCC2)cc1. The van der Waals surface area contributed by atoms with Crippen LogP contribution < -0.4 is 4.74 Å². The Labute approximate surface area is 225 Å².